The topological polar surface area (TPSA) is 68.9 Å². The second-order valence-electron chi connectivity index (χ2n) is 4.47. The summed E-state index contributed by atoms with van der Waals surface area (Å²) in [4.78, 5) is 3.47. The normalized spacial score (nSPS) is 12.1. The van der Waals surface area contributed by atoms with Gasteiger partial charge < -0.3 is 10.4 Å². The van der Waals surface area contributed by atoms with Crippen molar-refractivity contribution in [1.82, 2.24) is 4.98 Å². The van der Waals surface area contributed by atoms with Crippen LogP contribution in [0.15, 0.2) is 12.1 Å². The SMILES string of the molecule is CCC(CC)(CO)Nc1nc(C(F)(F)F)ccc1C#N. The first kappa shape index (κ1) is 16.2. The van der Waals surface area contributed by atoms with E-state index in [1.165, 1.54) is 0 Å². The van der Waals surface area contributed by atoms with Crippen molar-refractivity contribution in [2.45, 2.75) is 38.4 Å². The van der Waals surface area contributed by atoms with Crippen molar-refractivity contribution in [3.8, 4) is 6.07 Å². The molecule has 0 aromatic carbocycles. The third-order valence-electron chi connectivity index (χ3n) is 3.35. The number of pyridine rings is 1. The lowest BCUT2D eigenvalue weighted by atomic mass is 9.93. The van der Waals surface area contributed by atoms with Crippen LogP contribution in [0.25, 0.3) is 0 Å². The molecule has 0 aliphatic carbocycles. The number of halogens is 3. The number of rotatable bonds is 5. The van der Waals surface area contributed by atoms with Crippen LogP contribution < -0.4 is 5.32 Å². The molecule has 0 saturated heterocycles. The van der Waals surface area contributed by atoms with E-state index >= 15 is 0 Å². The van der Waals surface area contributed by atoms with Gasteiger partial charge in [-0.3, -0.25) is 0 Å². The lowest BCUT2D eigenvalue weighted by molar-refractivity contribution is -0.141. The summed E-state index contributed by atoms with van der Waals surface area (Å²) in [6.07, 6.45) is -3.60. The highest BCUT2D eigenvalue weighted by atomic mass is 19.4. The Labute approximate surface area is 115 Å². The van der Waals surface area contributed by atoms with E-state index in [1.54, 1.807) is 19.9 Å². The van der Waals surface area contributed by atoms with Crippen molar-refractivity contribution in [3.05, 3.63) is 23.4 Å². The Balaban J connectivity index is 3.25. The van der Waals surface area contributed by atoms with Gasteiger partial charge in [0.15, 0.2) is 0 Å². The molecular weight excluding hydrogens is 271 g/mol. The molecule has 1 heterocycles. The van der Waals surface area contributed by atoms with Gasteiger partial charge in [0.25, 0.3) is 0 Å². The molecule has 0 aliphatic heterocycles. The fraction of sp³-hybridized carbons (Fsp3) is 0.538. The summed E-state index contributed by atoms with van der Waals surface area (Å²) < 4.78 is 38.0. The average Bonchev–Trinajstić information content (AvgIpc) is 2.43. The van der Waals surface area contributed by atoms with Crippen LogP contribution in [-0.4, -0.2) is 22.2 Å². The van der Waals surface area contributed by atoms with Gasteiger partial charge in [-0.2, -0.15) is 18.4 Å². The van der Waals surface area contributed by atoms with Gasteiger partial charge in [-0.25, -0.2) is 4.98 Å². The Kier molecular flexibility index (Phi) is 4.95. The number of aliphatic hydroxyl groups is 1. The van der Waals surface area contributed by atoms with E-state index < -0.39 is 17.4 Å². The van der Waals surface area contributed by atoms with Gasteiger partial charge in [-0.05, 0) is 25.0 Å². The van der Waals surface area contributed by atoms with E-state index in [1.807, 2.05) is 0 Å². The molecule has 1 rings (SSSR count). The second-order valence-corrected chi connectivity index (χ2v) is 4.47. The minimum atomic E-state index is -4.58. The lowest BCUT2D eigenvalue weighted by Gasteiger charge is -2.31. The maximum atomic E-state index is 12.7. The van der Waals surface area contributed by atoms with Crippen LogP contribution in [0, 0.1) is 11.3 Å². The zero-order valence-electron chi connectivity index (χ0n) is 11.3. The van der Waals surface area contributed by atoms with Crippen LogP contribution in [0.2, 0.25) is 0 Å². The molecule has 0 spiro atoms. The van der Waals surface area contributed by atoms with Crippen LogP contribution >= 0.6 is 0 Å². The number of nitriles is 1. The number of anilines is 1. The molecule has 20 heavy (non-hydrogen) atoms. The number of aromatic nitrogens is 1. The van der Waals surface area contributed by atoms with Crippen molar-refractivity contribution < 1.29 is 18.3 Å². The number of alkyl halides is 3. The highest BCUT2D eigenvalue weighted by molar-refractivity contribution is 5.54. The first-order chi connectivity index (χ1) is 9.31. The van der Waals surface area contributed by atoms with Crippen LogP contribution in [-0.2, 0) is 6.18 Å². The highest BCUT2D eigenvalue weighted by Crippen LogP contribution is 2.31. The fourth-order valence-corrected chi connectivity index (χ4v) is 1.74. The van der Waals surface area contributed by atoms with Gasteiger partial charge in [0.1, 0.15) is 17.6 Å². The molecule has 0 bridgehead atoms. The molecule has 110 valence electrons. The van der Waals surface area contributed by atoms with E-state index in [9.17, 15) is 18.3 Å². The van der Waals surface area contributed by atoms with Crippen molar-refractivity contribution >= 4 is 5.82 Å². The molecule has 0 saturated carbocycles. The van der Waals surface area contributed by atoms with Gasteiger partial charge in [0.2, 0.25) is 0 Å². The molecule has 0 amide bonds. The number of aliphatic hydroxyl groups excluding tert-OH is 1. The van der Waals surface area contributed by atoms with Crippen LogP contribution in [0.4, 0.5) is 19.0 Å². The largest absolute Gasteiger partial charge is 0.433 e. The number of nitrogens with zero attached hydrogens (tertiary/aromatic N) is 2. The monoisotopic (exact) mass is 287 g/mol. The molecule has 2 N–H and O–H groups in total. The maximum Gasteiger partial charge on any atom is 0.433 e. The molecule has 0 fully saturated rings. The second kappa shape index (κ2) is 6.09. The lowest BCUT2D eigenvalue weighted by Crippen LogP contribution is -2.41. The van der Waals surface area contributed by atoms with Gasteiger partial charge in [0, 0.05) is 0 Å². The zero-order valence-corrected chi connectivity index (χ0v) is 11.3. The van der Waals surface area contributed by atoms with E-state index in [0.29, 0.717) is 12.8 Å². The highest BCUT2D eigenvalue weighted by Gasteiger charge is 2.34. The first-order valence-electron chi connectivity index (χ1n) is 6.19. The molecule has 0 atom stereocenters. The summed E-state index contributed by atoms with van der Waals surface area (Å²) in [6, 6.07) is 3.64. The van der Waals surface area contributed by atoms with E-state index in [-0.39, 0.29) is 18.0 Å². The van der Waals surface area contributed by atoms with Gasteiger partial charge in [-0.1, -0.05) is 13.8 Å². The van der Waals surface area contributed by atoms with Gasteiger partial charge >= 0.3 is 6.18 Å². The Morgan fingerprint density at radius 1 is 1.30 bits per heavy atom. The Morgan fingerprint density at radius 3 is 2.30 bits per heavy atom. The molecule has 0 unspecified atom stereocenters. The minimum absolute atomic E-state index is 0.0118. The van der Waals surface area contributed by atoms with Crippen molar-refractivity contribution in [3.63, 3.8) is 0 Å². The summed E-state index contributed by atoms with van der Waals surface area (Å²) in [7, 11) is 0. The predicted octanol–water partition coefficient (Wildman–Crippen LogP) is 2.94. The Hall–Kier alpha value is -1.81. The number of hydrogen-bond donors (Lipinski definition) is 2. The molecule has 1 aromatic rings. The van der Waals surface area contributed by atoms with Crippen molar-refractivity contribution in [1.29, 1.82) is 5.26 Å². The van der Waals surface area contributed by atoms with Crippen molar-refractivity contribution in [2.75, 3.05) is 11.9 Å². The van der Waals surface area contributed by atoms with E-state index in [2.05, 4.69) is 10.3 Å². The molecular formula is C13H16F3N3O. The summed E-state index contributed by atoms with van der Waals surface area (Å²) in [5.74, 6) is -0.153. The van der Waals surface area contributed by atoms with Gasteiger partial charge in [0.05, 0.1) is 17.7 Å². The summed E-state index contributed by atoms with van der Waals surface area (Å²) >= 11 is 0. The van der Waals surface area contributed by atoms with Crippen LogP contribution in [0.3, 0.4) is 0 Å². The quantitative estimate of drug-likeness (QED) is 0.873. The van der Waals surface area contributed by atoms with Crippen molar-refractivity contribution in [2.24, 2.45) is 0 Å². The van der Waals surface area contributed by atoms with E-state index in [0.717, 1.165) is 12.1 Å². The maximum absolute atomic E-state index is 12.7. The van der Waals surface area contributed by atoms with Crippen LogP contribution in [0.5, 0.6) is 0 Å². The molecule has 4 nitrogen and oxygen atoms in total. The standard InChI is InChI=1S/C13H16F3N3O/c1-3-12(4-2,8-20)19-11-9(7-17)5-6-10(18-11)13(14,15)16/h5-6,20H,3-4,8H2,1-2H3,(H,18,19). The minimum Gasteiger partial charge on any atom is -0.394 e. The van der Waals surface area contributed by atoms with Crippen LogP contribution in [0.1, 0.15) is 37.9 Å². The first-order valence-corrected chi connectivity index (χ1v) is 6.19. The number of nitrogens with one attached hydrogen (secondary N) is 1. The summed E-state index contributed by atoms with van der Waals surface area (Å²) in [5.41, 5.74) is -1.85. The smallest absolute Gasteiger partial charge is 0.394 e. The van der Waals surface area contributed by atoms with Gasteiger partial charge in [-0.15, -0.1) is 0 Å². The molecule has 7 heteroatoms. The molecule has 1 aromatic heterocycles. The number of hydrogen-bond acceptors (Lipinski definition) is 4. The predicted molar refractivity (Wildman–Crippen MR) is 68.0 cm³/mol. The fourth-order valence-electron chi connectivity index (χ4n) is 1.74. The Morgan fingerprint density at radius 2 is 1.90 bits per heavy atom. The summed E-state index contributed by atoms with van der Waals surface area (Å²) in [6.45, 7) is 3.33. The average molecular weight is 287 g/mol. The summed E-state index contributed by atoms with van der Waals surface area (Å²) in [5, 5.41) is 21.2. The third kappa shape index (κ3) is 3.39. The third-order valence-corrected chi connectivity index (χ3v) is 3.35. The Bertz CT molecular complexity index is 496. The molecule has 0 radical (unpaired) electrons. The van der Waals surface area contributed by atoms with E-state index in [4.69, 9.17) is 5.26 Å². The molecule has 0 aliphatic rings. The zero-order chi connectivity index (χ0) is 15.4.